The number of alkyl halides is 3. The molecule has 0 bridgehead atoms. The summed E-state index contributed by atoms with van der Waals surface area (Å²) in [6, 6.07) is 9.05. The van der Waals surface area contributed by atoms with E-state index in [1.54, 1.807) is 6.20 Å². The molecule has 2 aromatic rings. The van der Waals surface area contributed by atoms with Crippen LogP contribution < -0.4 is 5.32 Å². The summed E-state index contributed by atoms with van der Waals surface area (Å²) in [6.07, 6.45) is 0.633. The van der Waals surface area contributed by atoms with E-state index in [0.717, 1.165) is 48.2 Å². The molecule has 1 N–H and O–H groups in total. The Hall–Kier alpha value is -2.41. The van der Waals surface area contributed by atoms with E-state index in [1.165, 1.54) is 12.1 Å². The summed E-state index contributed by atoms with van der Waals surface area (Å²) in [5.74, 6) is 0.0882. The van der Waals surface area contributed by atoms with Crippen molar-refractivity contribution in [3.05, 3.63) is 53.9 Å². The standard InChI is InChI=1S/C21H22F3N3O/c1-27-18(6-8-20(27)9-11-26-19(28)13-20)17-12-15(7-10-25-17)14-2-4-16(5-3-14)21(22,23)24/h2-5,7,10,12,18H,6,8-9,11,13H2,1H3,(H,26,28)/t18-,20?/m0/s1. The molecule has 1 aromatic carbocycles. The summed E-state index contributed by atoms with van der Waals surface area (Å²) in [4.78, 5) is 18.7. The second kappa shape index (κ2) is 6.88. The number of likely N-dealkylation sites (tertiary alicyclic amines) is 1. The molecule has 3 heterocycles. The van der Waals surface area contributed by atoms with Crippen LogP contribution in [0.25, 0.3) is 11.1 Å². The van der Waals surface area contributed by atoms with Gasteiger partial charge in [0.1, 0.15) is 0 Å². The Morgan fingerprint density at radius 1 is 1.14 bits per heavy atom. The lowest BCUT2D eigenvalue weighted by Gasteiger charge is -2.41. The van der Waals surface area contributed by atoms with Crippen LogP contribution >= 0.6 is 0 Å². The fourth-order valence-corrected chi connectivity index (χ4v) is 4.51. The number of pyridine rings is 1. The van der Waals surface area contributed by atoms with E-state index in [1.807, 2.05) is 19.2 Å². The molecule has 2 aliphatic heterocycles. The number of hydrogen-bond donors (Lipinski definition) is 1. The third-order valence-electron chi connectivity index (χ3n) is 6.17. The molecule has 1 aromatic heterocycles. The molecule has 2 saturated heterocycles. The minimum atomic E-state index is -4.34. The third-order valence-corrected chi connectivity index (χ3v) is 6.17. The number of amides is 1. The molecule has 0 saturated carbocycles. The molecule has 2 fully saturated rings. The number of carbonyl (C=O) groups is 1. The van der Waals surface area contributed by atoms with Gasteiger partial charge in [0.05, 0.1) is 17.3 Å². The number of halogens is 3. The van der Waals surface area contributed by atoms with E-state index in [4.69, 9.17) is 0 Å². The number of nitrogens with zero attached hydrogens (tertiary/aromatic N) is 2. The smallest absolute Gasteiger partial charge is 0.356 e. The quantitative estimate of drug-likeness (QED) is 0.838. The number of aromatic nitrogens is 1. The van der Waals surface area contributed by atoms with Gasteiger partial charge >= 0.3 is 6.18 Å². The first-order valence-corrected chi connectivity index (χ1v) is 9.42. The van der Waals surface area contributed by atoms with Gasteiger partial charge in [-0.15, -0.1) is 0 Å². The van der Waals surface area contributed by atoms with Crippen LogP contribution in [0.15, 0.2) is 42.6 Å². The topological polar surface area (TPSA) is 45.2 Å². The minimum Gasteiger partial charge on any atom is -0.356 e. The third kappa shape index (κ3) is 3.39. The van der Waals surface area contributed by atoms with Crippen molar-refractivity contribution in [2.75, 3.05) is 13.6 Å². The van der Waals surface area contributed by atoms with Crippen molar-refractivity contribution in [1.82, 2.24) is 15.2 Å². The van der Waals surface area contributed by atoms with Crippen LogP contribution in [0.4, 0.5) is 13.2 Å². The van der Waals surface area contributed by atoms with Gasteiger partial charge in [0.15, 0.2) is 0 Å². The van der Waals surface area contributed by atoms with Crippen molar-refractivity contribution in [1.29, 1.82) is 0 Å². The molecule has 4 rings (SSSR count). The minimum absolute atomic E-state index is 0.0882. The van der Waals surface area contributed by atoms with Gasteiger partial charge in [-0.05, 0) is 61.7 Å². The van der Waals surface area contributed by atoms with Crippen molar-refractivity contribution < 1.29 is 18.0 Å². The van der Waals surface area contributed by atoms with E-state index in [-0.39, 0.29) is 17.5 Å². The summed E-state index contributed by atoms with van der Waals surface area (Å²) < 4.78 is 38.4. The predicted molar refractivity (Wildman–Crippen MR) is 99.4 cm³/mol. The normalized spacial score (nSPS) is 25.9. The maximum Gasteiger partial charge on any atom is 0.416 e. The molecule has 1 amide bonds. The van der Waals surface area contributed by atoms with Gasteiger partial charge in [0.2, 0.25) is 5.91 Å². The number of rotatable bonds is 2. The van der Waals surface area contributed by atoms with Crippen LogP contribution in [0.2, 0.25) is 0 Å². The van der Waals surface area contributed by atoms with Crippen LogP contribution in [0.3, 0.4) is 0 Å². The average Bonchev–Trinajstić information content (AvgIpc) is 2.97. The Bertz CT molecular complexity index is 881. The van der Waals surface area contributed by atoms with Crippen molar-refractivity contribution in [3.8, 4) is 11.1 Å². The first-order chi connectivity index (χ1) is 13.3. The van der Waals surface area contributed by atoms with Gasteiger partial charge < -0.3 is 5.32 Å². The number of piperidine rings is 1. The van der Waals surface area contributed by atoms with Crippen LogP contribution in [0.1, 0.15) is 43.0 Å². The maximum atomic E-state index is 12.8. The lowest BCUT2D eigenvalue weighted by molar-refractivity contribution is -0.137. The van der Waals surface area contributed by atoms with Crippen molar-refractivity contribution in [3.63, 3.8) is 0 Å². The molecule has 4 nitrogen and oxygen atoms in total. The maximum absolute atomic E-state index is 12.8. The summed E-state index contributed by atoms with van der Waals surface area (Å²) in [5.41, 5.74) is 1.68. The molecule has 7 heteroatoms. The van der Waals surface area contributed by atoms with Gasteiger partial charge in [-0.2, -0.15) is 13.2 Å². The number of hydrogen-bond acceptors (Lipinski definition) is 3. The average molecular weight is 389 g/mol. The van der Waals surface area contributed by atoms with Crippen LogP contribution in [0, 0.1) is 0 Å². The van der Waals surface area contributed by atoms with Gasteiger partial charge in [-0.3, -0.25) is 14.7 Å². The molecule has 2 aliphatic rings. The molecule has 2 atom stereocenters. The monoisotopic (exact) mass is 389 g/mol. The van der Waals surface area contributed by atoms with E-state index in [0.29, 0.717) is 13.0 Å². The van der Waals surface area contributed by atoms with E-state index in [2.05, 4.69) is 15.2 Å². The highest BCUT2D eigenvalue weighted by Gasteiger charge is 2.47. The zero-order valence-electron chi connectivity index (χ0n) is 15.6. The predicted octanol–water partition coefficient (Wildman–Crippen LogP) is 4.18. The van der Waals surface area contributed by atoms with Crippen molar-refractivity contribution in [2.45, 2.75) is 43.4 Å². The summed E-state index contributed by atoms with van der Waals surface area (Å²) >= 11 is 0. The summed E-state index contributed by atoms with van der Waals surface area (Å²) in [7, 11) is 2.04. The zero-order valence-corrected chi connectivity index (χ0v) is 15.6. The van der Waals surface area contributed by atoms with Crippen LogP contribution in [-0.2, 0) is 11.0 Å². The largest absolute Gasteiger partial charge is 0.416 e. The summed E-state index contributed by atoms with van der Waals surface area (Å²) in [6.45, 7) is 0.689. The van der Waals surface area contributed by atoms with Crippen molar-refractivity contribution >= 4 is 5.91 Å². The molecule has 1 unspecified atom stereocenters. The van der Waals surface area contributed by atoms with E-state index in [9.17, 15) is 18.0 Å². The molecule has 28 heavy (non-hydrogen) atoms. The van der Waals surface area contributed by atoms with Gasteiger partial charge in [-0.25, -0.2) is 0 Å². The van der Waals surface area contributed by atoms with Crippen LogP contribution in [-0.4, -0.2) is 34.9 Å². The highest BCUT2D eigenvalue weighted by Crippen LogP contribution is 2.45. The summed E-state index contributed by atoms with van der Waals surface area (Å²) in [5, 5.41) is 2.89. The first kappa shape index (κ1) is 18.9. The molecule has 1 spiro atoms. The Morgan fingerprint density at radius 3 is 2.57 bits per heavy atom. The Labute approximate surface area is 161 Å². The number of nitrogens with one attached hydrogen (secondary N) is 1. The second-order valence-electron chi connectivity index (χ2n) is 7.71. The second-order valence-corrected chi connectivity index (χ2v) is 7.71. The Kier molecular flexibility index (Phi) is 4.65. The lowest BCUT2D eigenvalue weighted by Crippen LogP contribution is -2.52. The zero-order chi connectivity index (χ0) is 19.9. The fraction of sp³-hybridized carbons (Fsp3) is 0.429. The van der Waals surface area contributed by atoms with E-state index < -0.39 is 11.7 Å². The van der Waals surface area contributed by atoms with E-state index >= 15 is 0 Å². The Balaban J connectivity index is 1.58. The molecular formula is C21H22F3N3O. The van der Waals surface area contributed by atoms with Gasteiger partial charge in [0.25, 0.3) is 0 Å². The highest BCUT2D eigenvalue weighted by atomic mass is 19.4. The van der Waals surface area contributed by atoms with Gasteiger partial charge in [-0.1, -0.05) is 12.1 Å². The molecule has 0 radical (unpaired) electrons. The number of carbonyl (C=O) groups excluding carboxylic acids is 1. The van der Waals surface area contributed by atoms with Crippen LogP contribution in [0.5, 0.6) is 0 Å². The Morgan fingerprint density at radius 2 is 1.89 bits per heavy atom. The van der Waals surface area contributed by atoms with Gasteiger partial charge in [0, 0.05) is 24.7 Å². The SMILES string of the molecule is CN1[C@H](c2cc(-c3ccc(C(F)(F)F)cc3)ccn2)CCC12CCNC(=O)C2. The molecular weight excluding hydrogens is 367 g/mol. The molecule has 0 aliphatic carbocycles. The number of benzene rings is 1. The highest BCUT2D eigenvalue weighted by molar-refractivity contribution is 5.78. The molecule has 148 valence electrons. The first-order valence-electron chi connectivity index (χ1n) is 9.42. The lowest BCUT2D eigenvalue weighted by atomic mass is 9.86. The van der Waals surface area contributed by atoms with Crippen molar-refractivity contribution in [2.24, 2.45) is 0 Å². The fourth-order valence-electron chi connectivity index (χ4n) is 4.51.